The molecule has 0 radical (unpaired) electrons. The molecular weight excluding hydrogens is 487 g/mol. The van der Waals surface area contributed by atoms with Crippen LogP contribution in [0.25, 0.3) is 6.08 Å². The number of para-hydroxylation sites is 1. The molecule has 0 bridgehead atoms. The standard InChI is InChI=1S/C25H23N2O6PS/c28-24(19-12-14-20(15-13-19)33-34(30,31)32)26-21-17-35-23-11-5-4-10-22(23)27(25(21)29)16-6-9-18-7-2-1-3-8-18/h1-15,21H,16-17H2,(H,26,28)(H2,30,31,32)/b9-6+. The summed E-state index contributed by atoms with van der Waals surface area (Å²) in [5, 5.41) is 2.80. The van der Waals surface area contributed by atoms with Gasteiger partial charge in [-0.25, -0.2) is 4.57 Å². The van der Waals surface area contributed by atoms with Gasteiger partial charge in [0, 0.05) is 22.8 Å². The third-order valence-corrected chi connectivity index (χ3v) is 6.77. The van der Waals surface area contributed by atoms with E-state index in [9.17, 15) is 14.2 Å². The van der Waals surface area contributed by atoms with Gasteiger partial charge in [0.1, 0.15) is 11.8 Å². The van der Waals surface area contributed by atoms with E-state index in [1.54, 1.807) is 4.90 Å². The third kappa shape index (κ3) is 6.61. The van der Waals surface area contributed by atoms with Gasteiger partial charge in [0.15, 0.2) is 0 Å². The molecule has 0 saturated heterocycles. The van der Waals surface area contributed by atoms with Gasteiger partial charge in [0.25, 0.3) is 11.8 Å². The molecule has 1 aliphatic rings. The molecule has 3 N–H and O–H groups in total. The zero-order valence-electron chi connectivity index (χ0n) is 18.5. The number of hydrogen-bond donors (Lipinski definition) is 3. The number of thioether (sulfide) groups is 1. The van der Waals surface area contributed by atoms with Crippen LogP contribution in [-0.2, 0) is 9.36 Å². The fraction of sp³-hybridized carbons (Fsp3) is 0.120. The van der Waals surface area contributed by atoms with Crippen LogP contribution >= 0.6 is 19.6 Å². The summed E-state index contributed by atoms with van der Waals surface area (Å²) in [5.74, 6) is -0.407. The molecule has 0 fully saturated rings. The highest BCUT2D eigenvalue weighted by atomic mass is 32.2. The molecule has 1 unspecified atom stereocenters. The van der Waals surface area contributed by atoms with E-state index in [1.165, 1.54) is 36.0 Å². The van der Waals surface area contributed by atoms with E-state index < -0.39 is 19.8 Å². The van der Waals surface area contributed by atoms with Crippen molar-refractivity contribution in [1.82, 2.24) is 5.32 Å². The number of phosphoric acid groups is 1. The predicted octanol–water partition coefficient (Wildman–Crippen LogP) is 4.11. The maximum Gasteiger partial charge on any atom is 0.524 e. The van der Waals surface area contributed by atoms with Gasteiger partial charge in [0.2, 0.25) is 0 Å². The first kappa shape index (κ1) is 24.8. The Balaban J connectivity index is 1.50. The molecule has 4 rings (SSSR count). The largest absolute Gasteiger partial charge is 0.524 e. The summed E-state index contributed by atoms with van der Waals surface area (Å²) in [6.07, 6.45) is 3.86. The van der Waals surface area contributed by atoms with Crippen molar-refractivity contribution in [2.45, 2.75) is 10.9 Å². The summed E-state index contributed by atoms with van der Waals surface area (Å²) in [4.78, 5) is 46.8. The lowest BCUT2D eigenvalue weighted by atomic mass is 10.1. The van der Waals surface area contributed by atoms with Crippen LogP contribution in [0.3, 0.4) is 0 Å². The first-order chi connectivity index (χ1) is 16.8. The maximum absolute atomic E-state index is 13.5. The number of phosphoric ester groups is 1. The molecule has 1 heterocycles. The smallest absolute Gasteiger partial charge is 0.404 e. The number of carbonyl (C=O) groups excluding carboxylic acids is 2. The lowest BCUT2D eigenvalue weighted by Crippen LogP contribution is -2.49. The number of nitrogens with zero attached hydrogens (tertiary/aromatic N) is 1. The molecular formula is C25H23N2O6PS. The van der Waals surface area contributed by atoms with Crippen molar-refractivity contribution in [1.29, 1.82) is 0 Å². The Bertz CT molecular complexity index is 1280. The van der Waals surface area contributed by atoms with Crippen LogP contribution in [0.4, 0.5) is 5.69 Å². The minimum Gasteiger partial charge on any atom is -0.404 e. The zero-order valence-corrected chi connectivity index (χ0v) is 20.2. The molecule has 35 heavy (non-hydrogen) atoms. The number of benzene rings is 3. The molecule has 3 aromatic carbocycles. The minimum absolute atomic E-state index is 0.0668. The van der Waals surface area contributed by atoms with Crippen LogP contribution in [-0.4, -0.2) is 39.9 Å². The number of anilines is 1. The van der Waals surface area contributed by atoms with E-state index in [1.807, 2.05) is 66.7 Å². The summed E-state index contributed by atoms with van der Waals surface area (Å²) >= 11 is 1.49. The fourth-order valence-electron chi connectivity index (χ4n) is 3.55. The lowest BCUT2D eigenvalue weighted by molar-refractivity contribution is -0.119. The van der Waals surface area contributed by atoms with Crippen LogP contribution in [0.2, 0.25) is 0 Å². The van der Waals surface area contributed by atoms with Crippen molar-refractivity contribution in [2.75, 3.05) is 17.2 Å². The minimum atomic E-state index is -4.69. The van der Waals surface area contributed by atoms with E-state index >= 15 is 0 Å². The number of fused-ring (bicyclic) bond motifs is 1. The molecule has 0 aliphatic carbocycles. The SMILES string of the molecule is O=C(NC1CSc2ccccc2N(C/C=C/c2ccccc2)C1=O)c1ccc(OP(=O)(O)O)cc1. The van der Waals surface area contributed by atoms with Crippen molar-refractivity contribution in [2.24, 2.45) is 0 Å². The zero-order chi connectivity index (χ0) is 24.8. The van der Waals surface area contributed by atoms with Crippen molar-refractivity contribution in [3.05, 3.63) is 96.1 Å². The number of hydrogen-bond acceptors (Lipinski definition) is 5. The molecule has 0 aromatic heterocycles. The molecule has 2 amide bonds. The Morgan fingerprint density at radius 1 is 1.06 bits per heavy atom. The predicted molar refractivity (Wildman–Crippen MR) is 135 cm³/mol. The fourth-order valence-corrected chi connectivity index (χ4v) is 5.02. The molecule has 180 valence electrons. The van der Waals surface area contributed by atoms with Crippen LogP contribution in [0.15, 0.2) is 89.8 Å². The normalized spacial score (nSPS) is 16.0. The van der Waals surface area contributed by atoms with Crippen LogP contribution < -0.4 is 14.7 Å². The van der Waals surface area contributed by atoms with Gasteiger partial charge < -0.3 is 14.7 Å². The quantitative estimate of drug-likeness (QED) is 0.410. The van der Waals surface area contributed by atoms with E-state index in [0.717, 1.165) is 16.1 Å². The average Bonchev–Trinajstić information content (AvgIpc) is 2.96. The second kappa shape index (κ2) is 10.9. The van der Waals surface area contributed by atoms with Gasteiger partial charge in [-0.1, -0.05) is 54.6 Å². The summed E-state index contributed by atoms with van der Waals surface area (Å²) < 4.78 is 15.5. The molecule has 3 aromatic rings. The Labute approximate surface area is 206 Å². The number of amides is 2. The van der Waals surface area contributed by atoms with Gasteiger partial charge in [-0.3, -0.25) is 19.4 Å². The number of carbonyl (C=O) groups is 2. The first-order valence-corrected chi connectivity index (χ1v) is 13.2. The first-order valence-electron chi connectivity index (χ1n) is 10.7. The Morgan fingerprint density at radius 2 is 1.74 bits per heavy atom. The highest BCUT2D eigenvalue weighted by molar-refractivity contribution is 7.99. The van der Waals surface area contributed by atoms with Crippen LogP contribution in [0.1, 0.15) is 15.9 Å². The van der Waals surface area contributed by atoms with E-state index in [2.05, 4.69) is 9.84 Å². The van der Waals surface area contributed by atoms with Crippen molar-refractivity contribution < 1.29 is 28.5 Å². The summed E-state index contributed by atoms with van der Waals surface area (Å²) in [6, 6.07) is 22.0. The molecule has 10 heteroatoms. The summed E-state index contributed by atoms with van der Waals surface area (Å²) in [6.45, 7) is 0.339. The van der Waals surface area contributed by atoms with Crippen molar-refractivity contribution in [3.63, 3.8) is 0 Å². The van der Waals surface area contributed by atoms with Crippen molar-refractivity contribution >= 4 is 43.2 Å². The highest BCUT2D eigenvalue weighted by Crippen LogP contribution is 2.37. The molecule has 8 nitrogen and oxygen atoms in total. The molecule has 0 spiro atoms. The van der Waals surface area contributed by atoms with Gasteiger partial charge in [-0.05, 0) is 42.0 Å². The summed E-state index contributed by atoms with van der Waals surface area (Å²) in [7, 11) is -4.69. The highest BCUT2D eigenvalue weighted by Gasteiger charge is 2.31. The Hall–Kier alpha value is -3.36. The van der Waals surface area contributed by atoms with E-state index in [4.69, 9.17) is 9.79 Å². The van der Waals surface area contributed by atoms with Gasteiger partial charge >= 0.3 is 7.82 Å². The topological polar surface area (TPSA) is 116 Å². The maximum atomic E-state index is 13.5. The lowest BCUT2D eigenvalue weighted by Gasteiger charge is -2.24. The Morgan fingerprint density at radius 3 is 2.46 bits per heavy atom. The van der Waals surface area contributed by atoms with Crippen molar-refractivity contribution in [3.8, 4) is 5.75 Å². The molecule has 1 atom stereocenters. The second-order valence-corrected chi connectivity index (χ2v) is 9.90. The second-order valence-electron chi connectivity index (χ2n) is 7.67. The number of rotatable bonds is 7. The van der Waals surface area contributed by atoms with Gasteiger partial charge in [-0.2, -0.15) is 0 Å². The monoisotopic (exact) mass is 510 g/mol. The molecule has 1 aliphatic heterocycles. The van der Waals surface area contributed by atoms with Gasteiger partial charge in [0.05, 0.1) is 5.69 Å². The third-order valence-electron chi connectivity index (χ3n) is 5.17. The van der Waals surface area contributed by atoms with Crippen LogP contribution in [0, 0.1) is 0 Å². The Kier molecular flexibility index (Phi) is 7.73. The van der Waals surface area contributed by atoms with E-state index in [0.29, 0.717) is 12.3 Å². The average molecular weight is 511 g/mol. The summed E-state index contributed by atoms with van der Waals surface area (Å²) in [5.41, 5.74) is 2.04. The number of nitrogens with one attached hydrogen (secondary N) is 1. The van der Waals surface area contributed by atoms with Gasteiger partial charge in [-0.15, -0.1) is 11.8 Å². The van der Waals surface area contributed by atoms with Crippen LogP contribution in [0.5, 0.6) is 5.75 Å². The molecule has 0 saturated carbocycles. The van der Waals surface area contributed by atoms with E-state index in [-0.39, 0.29) is 17.2 Å².